The molecular weight excluding hydrogens is 384 g/mol. The van der Waals surface area contributed by atoms with Crippen LogP contribution in [0.25, 0.3) is 6.08 Å². The average Bonchev–Trinajstić information content (AvgIpc) is 3.21. The molecule has 1 saturated heterocycles. The van der Waals surface area contributed by atoms with Crippen molar-refractivity contribution < 1.29 is 19.1 Å². The summed E-state index contributed by atoms with van der Waals surface area (Å²) in [7, 11) is 0. The lowest BCUT2D eigenvalue weighted by molar-refractivity contribution is -0.124. The maximum Gasteiger partial charge on any atom is 0.266 e. The van der Waals surface area contributed by atoms with Gasteiger partial charge in [-0.15, -0.1) is 0 Å². The maximum absolute atomic E-state index is 12.6. The summed E-state index contributed by atoms with van der Waals surface area (Å²) in [6.07, 6.45) is 4.81. The molecule has 0 atom stereocenters. The smallest absolute Gasteiger partial charge is 0.266 e. The fourth-order valence-corrected chi connectivity index (χ4v) is 4.05. The first-order valence-corrected chi connectivity index (χ1v) is 10.2. The molecule has 0 aliphatic carbocycles. The SMILES string of the molecule is CCCCNC(=O)CCCN1C(=O)C(=Cc2ccc3c(c2)OCO3)SC1=S. The Morgan fingerprint density at radius 2 is 2.15 bits per heavy atom. The second kappa shape index (κ2) is 9.23. The number of rotatable bonds is 8. The number of hydrogen-bond donors (Lipinski definition) is 1. The molecule has 27 heavy (non-hydrogen) atoms. The Hall–Kier alpha value is -2.06. The van der Waals surface area contributed by atoms with E-state index in [1.165, 1.54) is 11.8 Å². The summed E-state index contributed by atoms with van der Waals surface area (Å²) in [5, 5.41) is 2.88. The van der Waals surface area contributed by atoms with Crippen molar-refractivity contribution in [2.24, 2.45) is 0 Å². The number of benzene rings is 1. The summed E-state index contributed by atoms with van der Waals surface area (Å²) < 4.78 is 11.2. The zero-order chi connectivity index (χ0) is 19.2. The lowest BCUT2D eigenvalue weighted by atomic mass is 10.2. The number of hydrogen-bond acceptors (Lipinski definition) is 6. The number of nitrogens with one attached hydrogen (secondary N) is 1. The quantitative estimate of drug-likeness (QED) is 0.406. The van der Waals surface area contributed by atoms with E-state index in [-0.39, 0.29) is 18.6 Å². The molecule has 0 unspecified atom stereocenters. The highest BCUT2D eigenvalue weighted by Crippen LogP contribution is 2.36. The van der Waals surface area contributed by atoms with E-state index in [2.05, 4.69) is 12.2 Å². The first-order valence-electron chi connectivity index (χ1n) is 9.00. The number of thioether (sulfide) groups is 1. The average molecular weight is 407 g/mol. The van der Waals surface area contributed by atoms with Gasteiger partial charge in [0.15, 0.2) is 11.5 Å². The monoisotopic (exact) mass is 406 g/mol. The van der Waals surface area contributed by atoms with Gasteiger partial charge in [-0.05, 0) is 36.6 Å². The topological polar surface area (TPSA) is 67.9 Å². The molecular formula is C19H22N2O4S2. The molecule has 1 aromatic rings. The molecule has 0 spiro atoms. The molecule has 1 fully saturated rings. The number of unbranched alkanes of at least 4 members (excludes halogenated alkanes) is 1. The molecule has 1 aromatic carbocycles. The van der Waals surface area contributed by atoms with Crippen LogP contribution in [-0.2, 0) is 9.59 Å². The van der Waals surface area contributed by atoms with E-state index in [1.807, 2.05) is 18.2 Å². The maximum atomic E-state index is 12.6. The highest BCUT2D eigenvalue weighted by molar-refractivity contribution is 8.26. The van der Waals surface area contributed by atoms with Gasteiger partial charge in [0.2, 0.25) is 12.7 Å². The molecule has 1 N–H and O–H groups in total. The summed E-state index contributed by atoms with van der Waals surface area (Å²) in [6.45, 7) is 3.45. The molecule has 0 aromatic heterocycles. The van der Waals surface area contributed by atoms with Crippen LogP contribution >= 0.6 is 24.0 Å². The van der Waals surface area contributed by atoms with Crippen molar-refractivity contribution in [2.45, 2.75) is 32.6 Å². The number of ether oxygens (including phenoxy) is 2. The summed E-state index contributed by atoms with van der Waals surface area (Å²) in [5.74, 6) is 1.28. The van der Waals surface area contributed by atoms with Gasteiger partial charge in [0, 0.05) is 19.5 Å². The Labute approximate surface area is 168 Å². The van der Waals surface area contributed by atoms with E-state index in [0.29, 0.717) is 46.7 Å². The van der Waals surface area contributed by atoms with Crippen LogP contribution in [0.4, 0.5) is 0 Å². The molecule has 8 heteroatoms. The van der Waals surface area contributed by atoms with Gasteiger partial charge in [-0.2, -0.15) is 0 Å². The molecule has 2 heterocycles. The zero-order valence-corrected chi connectivity index (χ0v) is 16.8. The molecule has 2 amide bonds. The number of amides is 2. The van der Waals surface area contributed by atoms with Crippen molar-refractivity contribution in [1.29, 1.82) is 0 Å². The lowest BCUT2D eigenvalue weighted by Crippen LogP contribution is -2.30. The van der Waals surface area contributed by atoms with Gasteiger partial charge < -0.3 is 14.8 Å². The van der Waals surface area contributed by atoms with Gasteiger partial charge >= 0.3 is 0 Å². The van der Waals surface area contributed by atoms with Crippen molar-refractivity contribution in [3.05, 3.63) is 28.7 Å². The first kappa shape index (κ1) is 19.7. The Kier molecular flexibility index (Phi) is 6.73. The normalized spacial score (nSPS) is 17.1. The van der Waals surface area contributed by atoms with Crippen molar-refractivity contribution in [1.82, 2.24) is 10.2 Å². The summed E-state index contributed by atoms with van der Waals surface area (Å²) in [6, 6.07) is 5.54. The second-order valence-corrected chi connectivity index (χ2v) is 7.93. The molecule has 0 bridgehead atoms. The van der Waals surface area contributed by atoms with Gasteiger partial charge in [-0.1, -0.05) is 43.4 Å². The molecule has 0 radical (unpaired) electrons. The van der Waals surface area contributed by atoms with Gasteiger partial charge in [0.1, 0.15) is 4.32 Å². The van der Waals surface area contributed by atoms with Gasteiger partial charge in [0.05, 0.1) is 4.91 Å². The summed E-state index contributed by atoms with van der Waals surface area (Å²) >= 11 is 6.62. The van der Waals surface area contributed by atoms with Crippen LogP contribution in [0.3, 0.4) is 0 Å². The highest BCUT2D eigenvalue weighted by atomic mass is 32.2. The molecule has 6 nitrogen and oxygen atoms in total. The Bertz CT molecular complexity index is 779. The number of nitrogens with zero attached hydrogens (tertiary/aromatic N) is 1. The highest BCUT2D eigenvalue weighted by Gasteiger charge is 2.31. The number of fused-ring (bicyclic) bond motifs is 1. The van der Waals surface area contributed by atoms with Crippen LogP contribution in [0.1, 0.15) is 38.2 Å². The van der Waals surface area contributed by atoms with Crippen molar-refractivity contribution in [3.8, 4) is 11.5 Å². The Morgan fingerprint density at radius 1 is 1.33 bits per heavy atom. The van der Waals surface area contributed by atoms with Gasteiger partial charge in [-0.25, -0.2) is 0 Å². The van der Waals surface area contributed by atoms with Gasteiger partial charge in [0.25, 0.3) is 5.91 Å². The van der Waals surface area contributed by atoms with E-state index < -0.39 is 0 Å². The zero-order valence-electron chi connectivity index (χ0n) is 15.2. The van der Waals surface area contributed by atoms with Crippen LogP contribution < -0.4 is 14.8 Å². The van der Waals surface area contributed by atoms with E-state index in [1.54, 1.807) is 11.0 Å². The predicted octanol–water partition coefficient (Wildman–Crippen LogP) is 3.31. The molecule has 2 aliphatic heterocycles. The van der Waals surface area contributed by atoms with E-state index in [4.69, 9.17) is 21.7 Å². The van der Waals surface area contributed by atoms with Gasteiger partial charge in [-0.3, -0.25) is 14.5 Å². The number of thiocarbonyl (C=S) groups is 1. The third kappa shape index (κ3) is 5.01. The van der Waals surface area contributed by atoms with Crippen molar-refractivity contribution in [2.75, 3.05) is 19.9 Å². The van der Waals surface area contributed by atoms with E-state index in [9.17, 15) is 9.59 Å². The summed E-state index contributed by atoms with van der Waals surface area (Å²) in [4.78, 5) is 26.5. The standard InChI is InChI=1S/C19H22N2O4S2/c1-2-3-8-20-17(22)5-4-9-21-18(23)16(27-19(21)26)11-13-6-7-14-15(10-13)25-12-24-14/h6-7,10-11H,2-5,8-9,12H2,1H3,(H,20,22). The molecule has 2 aliphatic rings. The molecule has 144 valence electrons. The second-order valence-electron chi connectivity index (χ2n) is 6.25. The van der Waals surface area contributed by atoms with Crippen LogP contribution in [-0.4, -0.2) is 40.9 Å². The lowest BCUT2D eigenvalue weighted by Gasteiger charge is -2.14. The minimum Gasteiger partial charge on any atom is -0.454 e. The molecule has 0 saturated carbocycles. The fraction of sp³-hybridized carbons (Fsp3) is 0.421. The minimum absolute atomic E-state index is 0.0183. The largest absolute Gasteiger partial charge is 0.454 e. The Balaban J connectivity index is 1.54. The molecule has 3 rings (SSSR count). The van der Waals surface area contributed by atoms with E-state index >= 15 is 0 Å². The van der Waals surface area contributed by atoms with E-state index in [0.717, 1.165) is 18.4 Å². The third-order valence-electron chi connectivity index (χ3n) is 4.21. The number of carbonyl (C=O) groups is 2. The Morgan fingerprint density at radius 3 is 2.96 bits per heavy atom. The van der Waals surface area contributed by atoms with Crippen molar-refractivity contribution >= 4 is 46.2 Å². The number of carbonyl (C=O) groups excluding carboxylic acids is 2. The summed E-state index contributed by atoms with van der Waals surface area (Å²) in [5.41, 5.74) is 0.857. The fourth-order valence-electron chi connectivity index (χ4n) is 2.74. The minimum atomic E-state index is -0.117. The van der Waals surface area contributed by atoms with Crippen LogP contribution in [0.2, 0.25) is 0 Å². The van der Waals surface area contributed by atoms with Crippen LogP contribution in [0.15, 0.2) is 23.1 Å². The van der Waals surface area contributed by atoms with Crippen LogP contribution in [0, 0.1) is 0 Å². The van der Waals surface area contributed by atoms with Crippen LogP contribution in [0.5, 0.6) is 11.5 Å². The third-order valence-corrected chi connectivity index (χ3v) is 5.58. The first-order chi connectivity index (χ1) is 13.1. The van der Waals surface area contributed by atoms with Crippen molar-refractivity contribution in [3.63, 3.8) is 0 Å². The predicted molar refractivity (Wildman–Crippen MR) is 110 cm³/mol.